The first-order chi connectivity index (χ1) is 15.4. The van der Waals surface area contributed by atoms with E-state index >= 15 is 0 Å². The summed E-state index contributed by atoms with van der Waals surface area (Å²) in [6, 6.07) is 15.9. The van der Waals surface area contributed by atoms with Gasteiger partial charge in [-0.05, 0) is 71.3 Å². The molecule has 4 aromatic carbocycles. The third kappa shape index (κ3) is 4.60. The average molecular weight is 434 g/mol. The average Bonchev–Trinajstić information content (AvgIpc) is 2.78. The molecular formula is C27H18F4O. The third-order valence-corrected chi connectivity index (χ3v) is 4.91. The second-order valence-electron chi connectivity index (χ2n) is 7.26. The summed E-state index contributed by atoms with van der Waals surface area (Å²) in [5.41, 5.74) is 1.31. The Hall–Kier alpha value is -3.78. The molecule has 0 fully saturated rings. The zero-order valence-corrected chi connectivity index (χ0v) is 17.2. The summed E-state index contributed by atoms with van der Waals surface area (Å²) in [5.74, 6) is 3.04. The van der Waals surface area contributed by atoms with Gasteiger partial charge in [-0.2, -0.15) is 0 Å². The van der Waals surface area contributed by atoms with Crippen molar-refractivity contribution in [3.8, 4) is 28.7 Å². The van der Waals surface area contributed by atoms with Crippen molar-refractivity contribution >= 4 is 10.8 Å². The molecule has 5 heteroatoms. The monoisotopic (exact) mass is 434 g/mol. The number of benzene rings is 4. The van der Waals surface area contributed by atoms with Crippen LogP contribution in [0.3, 0.4) is 0 Å². The Bertz CT molecular complexity index is 1370. The van der Waals surface area contributed by atoms with E-state index in [0.29, 0.717) is 34.3 Å². The second kappa shape index (κ2) is 9.15. The zero-order chi connectivity index (χ0) is 22.7. The topological polar surface area (TPSA) is 9.23 Å². The molecule has 4 aromatic rings. The predicted molar refractivity (Wildman–Crippen MR) is 117 cm³/mol. The SMILES string of the molecule is CCCOc1ccc(-c2ccc(C#Cc3ccc4cc(F)c(F)cc4c3)c(F)c2)c(F)c1. The minimum absolute atomic E-state index is 0.141. The van der Waals surface area contributed by atoms with Crippen LogP contribution in [0.15, 0.2) is 66.7 Å². The van der Waals surface area contributed by atoms with Crippen molar-refractivity contribution in [1.82, 2.24) is 0 Å². The minimum atomic E-state index is -0.943. The van der Waals surface area contributed by atoms with E-state index in [2.05, 4.69) is 11.8 Å². The maximum Gasteiger partial charge on any atom is 0.159 e. The van der Waals surface area contributed by atoms with Gasteiger partial charge in [-0.1, -0.05) is 30.9 Å². The van der Waals surface area contributed by atoms with Crippen molar-refractivity contribution in [2.24, 2.45) is 0 Å². The molecule has 0 aliphatic heterocycles. The van der Waals surface area contributed by atoms with Crippen molar-refractivity contribution in [2.75, 3.05) is 6.61 Å². The Kier molecular flexibility index (Phi) is 6.13. The number of hydrogen-bond donors (Lipinski definition) is 0. The summed E-state index contributed by atoms with van der Waals surface area (Å²) < 4.78 is 61.3. The summed E-state index contributed by atoms with van der Waals surface area (Å²) in [6.07, 6.45) is 0.811. The number of halogens is 4. The molecule has 0 saturated heterocycles. The fourth-order valence-electron chi connectivity index (χ4n) is 3.28. The highest BCUT2D eigenvalue weighted by atomic mass is 19.2. The van der Waals surface area contributed by atoms with Gasteiger partial charge >= 0.3 is 0 Å². The highest BCUT2D eigenvalue weighted by Gasteiger charge is 2.10. The lowest BCUT2D eigenvalue weighted by Crippen LogP contribution is -1.96. The summed E-state index contributed by atoms with van der Waals surface area (Å²) in [6.45, 7) is 2.45. The molecule has 0 amide bonds. The van der Waals surface area contributed by atoms with E-state index in [1.54, 1.807) is 36.4 Å². The van der Waals surface area contributed by atoms with Crippen LogP contribution in [0.2, 0.25) is 0 Å². The quantitative estimate of drug-likeness (QED) is 0.243. The van der Waals surface area contributed by atoms with Gasteiger partial charge in [0.05, 0.1) is 12.2 Å². The van der Waals surface area contributed by atoms with Crippen molar-refractivity contribution in [3.05, 3.63) is 101 Å². The van der Waals surface area contributed by atoms with Gasteiger partial charge in [0.25, 0.3) is 0 Å². The molecule has 32 heavy (non-hydrogen) atoms. The Balaban J connectivity index is 1.59. The van der Waals surface area contributed by atoms with Crippen LogP contribution in [-0.2, 0) is 0 Å². The Morgan fingerprint density at radius 2 is 1.47 bits per heavy atom. The number of fused-ring (bicyclic) bond motifs is 1. The molecule has 0 heterocycles. The van der Waals surface area contributed by atoms with Gasteiger partial charge < -0.3 is 4.74 Å². The molecule has 0 aliphatic rings. The zero-order valence-electron chi connectivity index (χ0n) is 17.2. The number of ether oxygens (including phenoxy) is 1. The fraction of sp³-hybridized carbons (Fsp3) is 0.111. The molecule has 160 valence electrons. The molecule has 0 aliphatic carbocycles. The lowest BCUT2D eigenvalue weighted by atomic mass is 10.0. The van der Waals surface area contributed by atoms with Gasteiger partial charge in [0.2, 0.25) is 0 Å². The van der Waals surface area contributed by atoms with Crippen LogP contribution in [0.1, 0.15) is 24.5 Å². The normalized spacial score (nSPS) is 10.7. The molecule has 0 unspecified atom stereocenters. The molecule has 0 aromatic heterocycles. The highest BCUT2D eigenvalue weighted by molar-refractivity contribution is 5.84. The van der Waals surface area contributed by atoms with E-state index < -0.39 is 23.3 Å². The number of hydrogen-bond acceptors (Lipinski definition) is 1. The molecular weight excluding hydrogens is 416 g/mol. The second-order valence-corrected chi connectivity index (χ2v) is 7.26. The summed E-state index contributed by atoms with van der Waals surface area (Å²) in [7, 11) is 0. The standard InChI is InChI=1S/C27H18F4O/c1-2-11-32-22-9-10-23(25(29)16-22)20-8-7-18(24(28)14-20)5-3-17-4-6-19-13-26(30)27(31)15-21(19)12-17/h4,6-10,12-16H,2,11H2,1H3. The fourth-order valence-corrected chi connectivity index (χ4v) is 3.28. The lowest BCUT2D eigenvalue weighted by molar-refractivity contribution is 0.316. The first-order valence-corrected chi connectivity index (χ1v) is 10.1. The van der Waals surface area contributed by atoms with E-state index in [9.17, 15) is 17.6 Å². The van der Waals surface area contributed by atoms with Gasteiger partial charge in [-0.15, -0.1) is 0 Å². The molecule has 1 nitrogen and oxygen atoms in total. The van der Waals surface area contributed by atoms with Crippen molar-refractivity contribution in [2.45, 2.75) is 13.3 Å². The molecule has 0 spiro atoms. The lowest BCUT2D eigenvalue weighted by Gasteiger charge is -2.08. The van der Waals surface area contributed by atoms with Gasteiger partial charge in [0.1, 0.15) is 17.4 Å². The van der Waals surface area contributed by atoms with Crippen molar-refractivity contribution in [3.63, 3.8) is 0 Å². The van der Waals surface area contributed by atoms with Gasteiger partial charge in [0.15, 0.2) is 11.6 Å². The van der Waals surface area contributed by atoms with E-state index in [1.165, 1.54) is 18.2 Å². The first kappa shape index (κ1) is 21.5. The molecule has 0 bridgehead atoms. The van der Waals surface area contributed by atoms with E-state index in [1.807, 2.05) is 6.92 Å². The minimum Gasteiger partial charge on any atom is -0.494 e. The highest BCUT2D eigenvalue weighted by Crippen LogP contribution is 2.28. The largest absolute Gasteiger partial charge is 0.494 e. The van der Waals surface area contributed by atoms with Gasteiger partial charge in [0, 0.05) is 17.2 Å². The van der Waals surface area contributed by atoms with Crippen LogP contribution in [0.5, 0.6) is 5.75 Å². The smallest absolute Gasteiger partial charge is 0.159 e. The van der Waals surface area contributed by atoms with Crippen LogP contribution >= 0.6 is 0 Å². The van der Waals surface area contributed by atoms with Crippen LogP contribution in [0, 0.1) is 35.1 Å². The van der Waals surface area contributed by atoms with Gasteiger partial charge in [-0.25, -0.2) is 17.6 Å². The predicted octanol–water partition coefficient (Wildman–Crippen LogP) is 7.25. The Morgan fingerprint density at radius 1 is 0.688 bits per heavy atom. The first-order valence-electron chi connectivity index (χ1n) is 10.1. The van der Waals surface area contributed by atoms with Gasteiger partial charge in [-0.3, -0.25) is 0 Å². The number of rotatable bonds is 4. The van der Waals surface area contributed by atoms with E-state index in [0.717, 1.165) is 18.6 Å². The Morgan fingerprint density at radius 3 is 2.19 bits per heavy atom. The van der Waals surface area contributed by atoms with Crippen molar-refractivity contribution in [1.29, 1.82) is 0 Å². The van der Waals surface area contributed by atoms with Crippen LogP contribution < -0.4 is 4.74 Å². The van der Waals surface area contributed by atoms with Crippen LogP contribution in [0.4, 0.5) is 17.6 Å². The molecule has 0 radical (unpaired) electrons. The Labute approximate surface area is 183 Å². The molecule has 4 rings (SSSR count). The van der Waals surface area contributed by atoms with Crippen molar-refractivity contribution < 1.29 is 22.3 Å². The molecule has 0 atom stereocenters. The molecule has 0 saturated carbocycles. The third-order valence-electron chi connectivity index (χ3n) is 4.91. The maximum atomic E-state index is 14.6. The van der Waals surface area contributed by atoms with E-state index in [4.69, 9.17) is 4.74 Å². The van der Waals surface area contributed by atoms with Crippen LogP contribution in [0.25, 0.3) is 21.9 Å². The maximum absolute atomic E-state index is 14.6. The summed E-state index contributed by atoms with van der Waals surface area (Å²) >= 11 is 0. The summed E-state index contributed by atoms with van der Waals surface area (Å²) in [5, 5.41) is 1.03. The summed E-state index contributed by atoms with van der Waals surface area (Å²) in [4.78, 5) is 0. The van der Waals surface area contributed by atoms with E-state index in [-0.39, 0.29) is 11.1 Å². The molecule has 0 N–H and O–H groups in total. The van der Waals surface area contributed by atoms with Crippen LogP contribution in [-0.4, -0.2) is 6.61 Å².